The summed E-state index contributed by atoms with van der Waals surface area (Å²) in [5.74, 6) is 1.05. The number of benzene rings is 1. The molecule has 0 spiro atoms. The molecule has 0 bridgehead atoms. The standard InChI is InChI=1S/C18H23N3O2/c1-11(2)17(19)18(22)21-14-6-5-13(4)15(10-14)23-16-9-12(3)7-8-20-16/h5-11,17H,19H2,1-4H3,(H,21,22)/t17-/m0/s1. The second kappa shape index (κ2) is 7.24. The summed E-state index contributed by atoms with van der Waals surface area (Å²) in [7, 11) is 0. The Morgan fingerprint density at radius 2 is 1.96 bits per heavy atom. The molecule has 0 aliphatic carbocycles. The first-order valence-electron chi connectivity index (χ1n) is 7.64. The van der Waals surface area contributed by atoms with Gasteiger partial charge in [-0.05, 0) is 43.0 Å². The summed E-state index contributed by atoms with van der Waals surface area (Å²) >= 11 is 0. The van der Waals surface area contributed by atoms with Crippen molar-refractivity contribution in [1.29, 1.82) is 0 Å². The van der Waals surface area contributed by atoms with E-state index in [1.165, 1.54) is 0 Å². The molecule has 1 aromatic heterocycles. The number of ether oxygens (including phenoxy) is 1. The fourth-order valence-corrected chi connectivity index (χ4v) is 1.99. The predicted molar refractivity (Wildman–Crippen MR) is 91.7 cm³/mol. The maximum Gasteiger partial charge on any atom is 0.241 e. The molecule has 23 heavy (non-hydrogen) atoms. The lowest BCUT2D eigenvalue weighted by molar-refractivity contribution is -0.118. The number of rotatable bonds is 5. The minimum absolute atomic E-state index is 0.0765. The Hall–Kier alpha value is -2.40. The van der Waals surface area contributed by atoms with Crippen molar-refractivity contribution in [2.45, 2.75) is 33.7 Å². The van der Waals surface area contributed by atoms with Crippen LogP contribution in [0, 0.1) is 19.8 Å². The Labute approximate surface area is 136 Å². The SMILES string of the molecule is Cc1ccnc(Oc2cc(NC(=O)[C@@H](N)C(C)C)ccc2C)c1. The van der Waals surface area contributed by atoms with Crippen LogP contribution in [0.3, 0.4) is 0 Å². The number of hydrogen-bond donors (Lipinski definition) is 2. The highest BCUT2D eigenvalue weighted by atomic mass is 16.5. The zero-order valence-corrected chi connectivity index (χ0v) is 14.0. The number of nitrogens with two attached hydrogens (primary N) is 1. The normalized spacial score (nSPS) is 12.1. The van der Waals surface area contributed by atoms with E-state index in [0.29, 0.717) is 17.3 Å². The Morgan fingerprint density at radius 1 is 1.22 bits per heavy atom. The van der Waals surface area contributed by atoms with Crippen molar-refractivity contribution >= 4 is 11.6 Å². The van der Waals surface area contributed by atoms with Gasteiger partial charge in [0.1, 0.15) is 5.75 Å². The molecule has 1 atom stereocenters. The molecule has 0 aliphatic rings. The molecule has 2 rings (SSSR count). The molecule has 0 saturated carbocycles. The monoisotopic (exact) mass is 313 g/mol. The van der Waals surface area contributed by atoms with E-state index in [-0.39, 0.29) is 11.8 Å². The maximum absolute atomic E-state index is 12.1. The molecule has 3 N–H and O–H groups in total. The third-order valence-electron chi connectivity index (χ3n) is 3.58. The summed E-state index contributed by atoms with van der Waals surface area (Å²) in [6.45, 7) is 7.75. The van der Waals surface area contributed by atoms with Gasteiger partial charge in [-0.25, -0.2) is 4.98 Å². The number of carbonyl (C=O) groups is 1. The van der Waals surface area contributed by atoms with Crippen LogP contribution < -0.4 is 15.8 Å². The summed E-state index contributed by atoms with van der Waals surface area (Å²) < 4.78 is 5.83. The van der Waals surface area contributed by atoms with Gasteiger partial charge in [0, 0.05) is 24.0 Å². The van der Waals surface area contributed by atoms with Crippen LogP contribution in [0.4, 0.5) is 5.69 Å². The van der Waals surface area contributed by atoms with E-state index in [2.05, 4.69) is 10.3 Å². The average Bonchev–Trinajstić information content (AvgIpc) is 2.49. The Balaban J connectivity index is 2.17. The van der Waals surface area contributed by atoms with Gasteiger partial charge in [-0.1, -0.05) is 19.9 Å². The fraction of sp³-hybridized carbons (Fsp3) is 0.333. The number of pyridine rings is 1. The highest BCUT2D eigenvalue weighted by molar-refractivity contribution is 5.95. The van der Waals surface area contributed by atoms with E-state index >= 15 is 0 Å². The van der Waals surface area contributed by atoms with Crippen LogP contribution in [0.5, 0.6) is 11.6 Å². The number of aryl methyl sites for hydroxylation is 2. The Bertz CT molecular complexity index is 698. The van der Waals surface area contributed by atoms with Gasteiger partial charge in [-0.15, -0.1) is 0 Å². The number of nitrogens with one attached hydrogen (secondary N) is 1. The topological polar surface area (TPSA) is 77.2 Å². The molecule has 0 saturated heterocycles. The predicted octanol–water partition coefficient (Wildman–Crippen LogP) is 3.41. The van der Waals surface area contributed by atoms with Gasteiger partial charge >= 0.3 is 0 Å². The molecule has 0 aliphatic heterocycles. The van der Waals surface area contributed by atoms with Crippen molar-refractivity contribution < 1.29 is 9.53 Å². The van der Waals surface area contributed by atoms with Crippen LogP contribution in [-0.2, 0) is 4.79 Å². The number of amides is 1. The first-order valence-corrected chi connectivity index (χ1v) is 7.64. The van der Waals surface area contributed by atoms with Crippen LogP contribution in [0.1, 0.15) is 25.0 Å². The summed E-state index contributed by atoms with van der Waals surface area (Å²) in [6.07, 6.45) is 1.70. The minimum Gasteiger partial charge on any atom is -0.439 e. The molecule has 1 heterocycles. The molecule has 2 aromatic rings. The number of hydrogen-bond acceptors (Lipinski definition) is 4. The van der Waals surface area contributed by atoms with E-state index < -0.39 is 6.04 Å². The molecule has 1 amide bonds. The minimum atomic E-state index is -0.542. The molecular weight excluding hydrogens is 290 g/mol. The van der Waals surface area contributed by atoms with Crippen molar-refractivity contribution in [3.63, 3.8) is 0 Å². The largest absolute Gasteiger partial charge is 0.439 e. The summed E-state index contributed by atoms with van der Waals surface area (Å²) in [5, 5.41) is 2.82. The maximum atomic E-state index is 12.1. The van der Waals surface area contributed by atoms with Gasteiger partial charge in [0.2, 0.25) is 11.8 Å². The Morgan fingerprint density at radius 3 is 2.61 bits per heavy atom. The van der Waals surface area contributed by atoms with E-state index in [1.807, 2.05) is 52.0 Å². The summed E-state index contributed by atoms with van der Waals surface area (Å²) in [5.41, 5.74) is 8.54. The van der Waals surface area contributed by atoms with Crippen molar-refractivity contribution in [1.82, 2.24) is 4.98 Å². The molecule has 122 valence electrons. The number of anilines is 1. The fourth-order valence-electron chi connectivity index (χ4n) is 1.99. The average molecular weight is 313 g/mol. The number of nitrogens with zero attached hydrogens (tertiary/aromatic N) is 1. The smallest absolute Gasteiger partial charge is 0.241 e. The number of carbonyl (C=O) groups excluding carboxylic acids is 1. The lowest BCUT2D eigenvalue weighted by atomic mass is 10.0. The number of aromatic nitrogens is 1. The second-order valence-corrected chi connectivity index (χ2v) is 6.01. The molecule has 0 unspecified atom stereocenters. The molecule has 0 fully saturated rings. The van der Waals surface area contributed by atoms with Crippen LogP contribution in [-0.4, -0.2) is 16.9 Å². The van der Waals surface area contributed by atoms with Gasteiger partial charge in [0.25, 0.3) is 0 Å². The van der Waals surface area contributed by atoms with Crippen LogP contribution in [0.2, 0.25) is 0 Å². The second-order valence-electron chi connectivity index (χ2n) is 6.01. The Kier molecular flexibility index (Phi) is 5.34. The van der Waals surface area contributed by atoms with Crippen molar-refractivity contribution in [2.24, 2.45) is 11.7 Å². The van der Waals surface area contributed by atoms with Gasteiger partial charge in [-0.3, -0.25) is 4.79 Å². The van der Waals surface area contributed by atoms with E-state index in [9.17, 15) is 4.79 Å². The molecular formula is C18H23N3O2. The zero-order chi connectivity index (χ0) is 17.0. The summed E-state index contributed by atoms with van der Waals surface area (Å²) in [6, 6.07) is 8.73. The van der Waals surface area contributed by atoms with Crippen molar-refractivity contribution in [2.75, 3.05) is 5.32 Å². The van der Waals surface area contributed by atoms with E-state index in [1.54, 1.807) is 12.3 Å². The van der Waals surface area contributed by atoms with Crippen molar-refractivity contribution in [3.05, 3.63) is 47.7 Å². The lowest BCUT2D eigenvalue weighted by Crippen LogP contribution is -2.39. The first kappa shape index (κ1) is 17.0. The van der Waals surface area contributed by atoms with E-state index in [4.69, 9.17) is 10.5 Å². The van der Waals surface area contributed by atoms with E-state index in [0.717, 1.165) is 11.1 Å². The highest BCUT2D eigenvalue weighted by Crippen LogP contribution is 2.27. The van der Waals surface area contributed by atoms with Crippen LogP contribution in [0.25, 0.3) is 0 Å². The van der Waals surface area contributed by atoms with Crippen LogP contribution >= 0.6 is 0 Å². The summed E-state index contributed by atoms with van der Waals surface area (Å²) in [4.78, 5) is 16.3. The van der Waals surface area contributed by atoms with Gasteiger partial charge < -0.3 is 15.8 Å². The molecule has 5 nitrogen and oxygen atoms in total. The quantitative estimate of drug-likeness (QED) is 0.886. The third-order valence-corrected chi connectivity index (χ3v) is 3.58. The van der Waals surface area contributed by atoms with Gasteiger partial charge in [0.15, 0.2) is 0 Å². The highest BCUT2D eigenvalue weighted by Gasteiger charge is 2.17. The molecule has 0 radical (unpaired) electrons. The first-order chi connectivity index (χ1) is 10.9. The van der Waals surface area contributed by atoms with Crippen LogP contribution in [0.15, 0.2) is 36.5 Å². The third kappa shape index (κ3) is 4.53. The zero-order valence-electron chi connectivity index (χ0n) is 14.0. The van der Waals surface area contributed by atoms with Gasteiger partial charge in [-0.2, -0.15) is 0 Å². The van der Waals surface area contributed by atoms with Gasteiger partial charge in [0.05, 0.1) is 6.04 Å². The lowest BCUT2D eigenvalue weighted by Gasteiger charge is -2.16. The molecule has 1 aromatic carbocycles. The molecule has 5 heteroatoms. The van der Waals surface area contributed by atoms with Crippen molar-refractivity contribution in [3.8, 4) is 11.6 Å².